The summed E-state index contributed by atoms with van der Waals surface area (Å²) in [6, 6.07) is 5.14. The van der Waals surface area contributed by atoms with E-state index in [1.54, 1.807) is 13.0 Å². The number of halogens is 1. The molecule has 1 heterocycles. The third kappa shape index (κ3) is 3.64. The largest absolute Gasteiger partial charge is 0.320 e. The molecule has 0 aliphatic rings. The van der Waals surface area contributed by atoms with Crippen LogP contribution in [0.25, 0.3) is 11.4 Å². The van der Waals surface area contributed by atoms with E-state index in [0.717, 1.165) is 36.3 Å². The number of aromatic nitrogens is 2. The standard InChI is InChI=1S/C17H22FN3/c1-11-7-8-14(10-16(11)18)17-20-12(2)15(13(3)21-17)6-5-9-19-4/h7-8,10,19H,5-6,9H2,1-4H3. The molecule has 0 unspecified atom stereocenters. The van der Waals surface area contributed by atoms with Crippen LogP contribution < -0.4 is 5.32 Å². The first-order chi connectivity index (χ1) is 10.0. The van der Waals surface area contributed by atoms with E-state index in [9.17, 15) is 4.39 Å². The summed E-state index contributed by atoms with van der Waals surface area (Å²) in [7, 11) is 1.95. The second-order valence-electron chi connectivity index (χ2n) is 5.37. The molecule has 4 heteroatoms. The van der Waals surface area contributed by atoms with Gasteiger partial charge < -0.3 is 5.32 Å². The third-order valence-electron chi connectivity index (χ3n) is 3.70. The van der Waals surface area contributed by atoms with E-state index >= 15 is 0 Å². The summed E-state index contributed by atoms with van der Waals surface area (Å²) in [5.41, 5.74) is 4.52. The average Bonchev–Trinajstić information content (AvgIpc) is 2.44. The van der Waals surface area contributed by atoms with Crippen LogP contribution in [-0.4, -0.2) is 23.6 Å². The molecule has 0 spiro atoms. The van der Waals surface area contributed by atoms with Crippen LogP contribution in [0.3, 0.4) is 0 Å². The second kappa shape index (κ2) is 6.76. The highest BCUT2D eigenvalue weighted by Gasteiger charge is 2.11. The molecule has 0 bridgehead atoms. The maximum Gasteiger partial charge on any atom is 0.159 e. The smallest absolute Gasteiger partial charge is 0.159 e. The Balaban J connectivity index is 2.32. The summed E-state index contributed by atoms with van der Waals surface area (Å²) in [4.78, 5) is 9.11. The van der Waals surface area contributed by atoms with Crippen LogP contribution in [0.2, 0.25) is 0 Å². The minimum absolute atomic E-state index is 0.218. The van der Waals surface area contributed by atoms with Crippen LogP contribution in [0, 0.1) is 26.6 Å². The van der Waals surface area contributed by atoms with Gasteiger partial charge in [-0.1, -0.05) is 12.1 Å². The summed E-state index contributed by atoms with van der Waals surface area (Å²) in [6.07, 6.45) is 2.01. The van der Waals surface area contributed by atoms with Gasteiger partial charge in [0.15, 0.2) is 5.82 Å². The Bertz CT molecular complexity index is 615. The van der Waals surface area contributed by atoms with E-state index in [0.29, 0.717) is 11.4 Å². The molecule has 0 aliphatic carbocycles. The molecule has 0 fully saturated rings. The van der Waals surface area contributed by atoms with Crippen molar-refractivity contribution in [1.29, 1.82) is 0 Å². The molecule has 0 saturated heterocycles. The fourth-order valence-corrected chi connectivity index (χ4v) is 2.40. The first kappa shape index (κ1) is 15.6. The predicted octanol–water partition coefficient (Wildman–Crippen LogP) is 3.36. The highest BCUT2D eigenvalue weighted by atomic mass is 19.1. The predicted molar refractivity (Wildman–Crippen MR) is 83.9 cm³/mol. The molecule has 1 aromatic carbocycles. The van der Waals surface area contributed by atoms with Gasteiger partial charge in [-0.3, -0.25) is 0 Å². The summed E-state index contributed by atoms with van der Waals surface area (Å²) in [5, 5.41) is 3.14. The molecule has 1 N–H and O–H groups in total. The lowest BCUT2D eigenvalue weighted by molar-refractivity contribution is 0.619. The van der Waals surface area contributed by atoms with Gasteiger partial charge >= 0.3 is 0 Å². The molecule has 2 aromatic rings. The minimum atomic E-state index is -0.218. The molecule has 0 atom stereocenters. The van der Waals surface area contributed by atoms with Gasteiger partial charge in [-0.2, -0.15) is 0 Å². The van der Waals surface area contributed by atoms with Gasteiger partial charge in [0.25, 0.3) is 0 Å². The number of hydrogen-bond donors (Lipinski definition) is 1. The number of nitrogens with one attached hydrogen (secondary N) is 1. The number of aryl methyl sites for hydroxylation is 3. The van der Waals surface area contributed by atoms with Crippen molar-refractivity contribution >= 4 is 0 Å². The van der Waals surface area contributed by atoms with Crippen molar-refractivity contribution in [2.75, 3.05) is 13.6 Å². The molecule has 112 valence electrons. The van der Waals surface area contributed by atoms with Crippen molar-refractivity contribution in [2.24, 2.45) is 0 Å². The molecule has 0 saturated carbocycles. The lowest BCUT2D eigenvalue weighted by atomic mass is 10.1. The summed E-state index contributed by atoms with van der Waals surface area (Å²) < 4.78 is 13.7. The van der Waals surface area contributed by atoms with Crippen molar-refractivity contribution < 1.29 is 4.39 Å². The third-order valence-corrected chi connectivity index (χ3v) is 3.70. The van der Waals surface area contributed by atoms with Crippen LogP contribution in [0.15, 0.2) is 18.2 Å². The van der Waals surface area contributed by atoms with Gasteiger partial charge in [0, 0.05) is 17.0 Å². The van der Waals surface area contributed by atoms with Crippen molar-refractivity contribution in [2.45, 2.75) is 33.6 Å². The quantitative estimate of drug-likeness (QED) is 0.857. The first-order valence-electron chi connectivity index (χ1n) is 7.28. The topological polar surface area (TPSA) is 37.8 Å². The van der Waals surface area contributed by atoms with Crippen LogP contribution in [0.5, 0.6) is 0 Å². The van der Waals surface area contributed by atoms with Crippen molar-refractivity contribution in [3.63, 3.8) is 0 Å². The highest BCUT2D eigenvalue weighted by Crippen LogP contribution is 2.21. The van der Waals surface area contributed by atoms with Gasteiger partial charge in [0.1, 0.15) is 5.82 Å². The lowest BCUT2D eigenvalue weighted by Crippen LogP contribution is -2.10. The maximum atomic E-state index is 13.7. The lowest BCUT2D eigenvalue weighted by Gasteiger charge is -2.11. The van der Waals surface area contributed by atoms with E-state index in [1.165, 1.54) is 11.6 Å². The Morgan fingerprint density at radius 3 is 2.33 bits per heavy atom. The second-order valence-corrected chi connectivity index (χ2v) is 5.37. The van der Waals surface area contributed by atoms with Gasteiger partial charge in [-0.15, -0.1) is 0 Å². The van der Waals surface area contributed by atoms with Gasteiger partial charge in [-0.05, 0) is 64.4 Å². The Kier molecular flexibility index (Phi) is 5.02. The molecule has 2 rings (SSSR count). The summed E-state index contributed by atoms with van der Waals surface area (Å²) in [5.74, 6) is 0.380. The van der Waals surface area contributed by atoms with Crippen LogP contribution in [0.4, 0.5) is 4.39 Å². The monoisotopic (exact) mass is 287 g/mol. The van der Waals surface area contributed by atoms with Crippen molar-refractivity contribution in [3.05, 3.63) is 46.5 Å². The van der Waals surface area contributed by atoms with E-state index < -0.39 is 0 Å². The number of rotatable bonds is 5. The molecule has 0 radical (unpaired) electrons. The summed E-state index contributed by atoms with van der Waals surface area (Å²) >= 11 is 0. The van der Waals surface area contributed by atoms with Crippen molar-refractivity contribution in [1.82, 2.24) is 15.3 Å². The molecule has 1 aromatic heterocycles. The van der Waals surface area contributed by atoms with Crippen LogP contribution in [0.1, 0.15) is 28.9 Å². The zero-order valence-corrected chi connectivity index (χ0v) is 13.1. The Labute approximate surface area is 125 Å². The fourth-order valence-electron chi connectivity index (χ4n) is 2.40. The first-order valence-corrected chi connectivity index (χ1v) is 7.28. The highest BCUT2D eigenvalue weighted by molar-refractivity contribution is 5.56. The number of benzene rings is 1. The van der Waals surface area contributed by atoms with E-state index in [-0.39, 0.29) is 5.82 Å². The normalized spacial score (nSPS) is 10.9. The molecular formula is C17H22FN3. The van der Waals surface area contributed by atoms with E-state index in [1.807, 2.05) is 27.0 Å². The Morgan fingerprint density at radius 2 is 1.76 bits per heavy atom. The Morgan fingerprint density at radius 1 is 1.10 bits per heavy atom. The van der Waals surface area contributed by atoms with Crippen molar-refractivity contribution in [3.8, 4) is 11.4 Å². The van der Waals surface area contributed by atoms with Gasteiger partial charge in [-0.25, -0.2) is 14.4 Å². The summed E-state index contributed by atoms with van der Waals surface area (Å²) in [6.45, 7) is 6.72. The van der Waals surface area contributed by atoms with Crippen LogP contribution >= 0.6 is 0 Å². The SMILES string of the molecule is CNCCCc1c(C)nc(-c2ccc(C)c(F)c2)nc1C. The molecule has 21 heavy (non-hydrogen) atoms. The van der Waals surface area contributed by atoms with Gasteiger partial charge in [0.05, 0.1) is 0 Å². The minimum Gasteiger partial charge on any atom is -0.320 e. The molecule has 0 amide bonds. The Hall–Kier alpha value is -1.81. The maximum absolute atomic E-state index is 13.7. The molecule has 0 aliphatic heterocycles. The van der Waals surface area contributed by atoms with E-state index in [4.69, 9.17) is 0 Å². The zero-order chi connectivity index (χ0) is 15.4. The fraction of sp³-hybridized carbons (Fsp3) is 0.412. The molecule has 3 nitrogen and oxygen atoms in total. The van der Waals surface area contributed by atoms with Gasteiger partial charge in [0.2, 0.25) is 0 Å². The van der Waals surface area contributed by atoms with Crippen LogP contribution in [-0.2, 0) is 6.42 Å². The average molecular weight is 287 g/mol. The number of nitrogens with zero attached hydrogens (tertiary/aromatic N) is 2. The number of hydrogen-bond acceptors (Lipinski definition) is 3. The molecular weight excluding hydrogens is 265 g/mol. The van der Waals surface area contributed by atoms with E-state index in [2.05, 4.69) is 15.3 Å². The zero-order valence-electron chi connectivity index (χ0n) is 13.1.